The zero-order valence-corrected chi connectivity index (χ0v) is 18.0. The molecule has 1 saturated heterocycles. The van der Waals surface area contributed by atoms with E-state index in [1.165, 1.54) is 48.5 Å². The largest absolute Gasteiger partial charge is 0.507 e. The molecule has 7 nitrogen and oxygen atoms in total. The van der Waals surface area contributed by atoms with Crippen molar-refractivity contribution < 1.29 is 24.0 Å². The van der Waals surface area contributed by atoms with Crippen LogP contribution in [0.4, 0.5) is 15.8 Å². The third-order valence-electron chi connectivity index (χ3n) is 5.12. The van der Waals surface area contributed by atoms with Gasteiger partial charge in [-0.2, -0.15) is 0 Å². The molecule has 166 valence electrons. The predicted molar refractivity (Wildman–Crippen MR) is 121 cm³/mol. The Kier molecular flexibility index (Phi) is 5.88. The third-order valence-corrected chi connectivity index (χ3v) is 5.56. The Morgan fingerprint density at radius 2 is 1.61 bits per heavy atom. The molecule has 1 fully saturated rings. The topological polar surface area (TPSA) is 101 Å². The number of nitro groups is 1. The van der Waals surface area contributed by atoms with E-state index in [9.17, 15) is 29.2 Å². The summed E-state index contributed by atoms with van der Waals surface area (Å²) in [7, 11) is 0. The molecule has 1 N–H and O–H groups in total. The van der Waals surface area contributed by atoms with Crippen LogP contribution in [-0.4, -0.2) is 21.7 Å². The van der Waals surface area contributed by atoms with E-state index < -0.39 is 34.2 Å². The highest BCUT2D eigenvalue weighted by atomic mass is 35.5. The monoisotopic (exact) mass is 486 g/mol. The summed E-state index contributed by atoms with van der Waals surface area (Å²) < 4.78 is 14.8. The summed E-state index contributed by atoms with van der Waals surface area (Å²) >= 11 is 12.1. The number of hydrogen-bond acceptors (Lipinski definition) is 5. The number of nitrogens with zero attached hydrogens (tertiary/aromatic N) is 2. The highest BCUT2D eigenvalue weighted by Gasteiger charge is 2.48. The van der Waals surface area contributed by atoms with Crippen molar-refractivity contribution in [3.8, 4) is 0 Å². The van der Waals surface area contributed by atoms with Crippen molar-refractivity contribution in [2.24, 2.45) is 0 Å². The third kappa shape index (κ3) is 4.06. The smallest absolute Gasteiger partial charge is 0.300 e. The second kappa shape index (κ2) is 8.65. The molecule has 33 heavy (non-hydrogen) atoms. The fourth-order valence-corrected chi connectivity index (χ4v) is 4.18. The Morgan fingerprint density at radius 3 is 2.18 bits per heavy atom. The van der Waals surface area contributed by atoms with Crippen LogP contribution in [0.5, 0.6) is 0 Å². The van der Waals surface area contributed by atoms with Crippen molar-refractivity contribution >= 4 is 52.0 Å². The number of hydrogen-bond donors (Lipinski definition) is 1. The minimum absolute atomic E-state index is 0.0451. The number of halogens is 3. The van der Waals surface area contributed by atoms with Crippen molar-refractivity contribution in [2.75, 3.05) is 4.90 Å². The highest BCUT2D eigenvalue weighted by molar-refractivity contribution is 6.52. The second-order valence-electron chi connectivity index (χ2n) is 7.12. The van der Waals surface area contributed by atoms with Gasteiger partial charge in [0.25, 0.3) is 17.4 Å². The maximum atomic E-state index is 14.8. The van der Waals surface area contributed by atoms with E-state index in [-0.39, 0.29) is 38.1 Å². The summed E-state index contributed by atoms with van der Waals surface area (Å²) in [6, 6.07) is 13.1. The number of aliphatic hydroxyl groups excluding tert-OH is 1. The van der Waals surface area contributed by atoms with Gasteiger partial charge in [-0.3, -0.25) is 24.6 Å². The lowest BCUT2D eigenvalue weighted by atomic mass is 9.94. The lowest BCUT2D eigenvalue weighted by Gasteiger charge is -2.26. The van der Waals surface area contributed by atoms with E-state index in [4.69, 9.17) is 23.2 Å². The number of Topliss-reactive ketones (excluding diaryl/α,β-unsaturated/α-hetero) is 1. The molecule has 3 aromatic carbocycles. The van der Waals surface area contributed by atoms with Gasteiger partial charge in [-0.05, 0) is 36.4 Å². The van der Waals surface area contributed by atoms with Crippen LogP contribution in [0.1, 0.15) is 17.2 Å². The van der Waals surface area contributed by atoms with Gasteiger partial charge in [0, 0.05) is 39.0 Å². The number of non-ortho nitro benzene ring substituents is 1. The van der Waals surface area contributed by atoms with E-state index in [1.807, 2.05) is 0 Å². The van der Waals surface area contributed by atoms with E-state index in [1.54, 1.807) is 0 Å². The fourth-order valence-electron chi connectivity index (χ4n) is 3.66. The Balaban J connectivity index is 1.96. The van der Waals surface area contributed by atoms with Gasteiger partial charge in [-0.1, -0.05) is 41.4 Å². The number of aliphatic hydroxyl groups is 1. The Bertz CT molecular complexity index is 1320. The maximum Gasteiger partial charge on any atom is 0.300 e. The summed E-state index contributed by atoms with van der Waals surface area (Å²) in [5.74, 6) is -3.40. The van der Waals surface area contributed by atoms with Crippen LogP contribution in [0.25, 0.3) is 5.76 Å². The van der Waals surface area contributed by atoms with Crippen molar-refractivity contribution in [3.05, 3.63) is 109 Å². The molecule has 1 unspecified atom stereocenters. The van der Waals surface area contributed by atoms with Crippen LogP contribution in [-0.2, 0) is 9.59 Å². The molecule has 1 amide bonds. The minimum Gasteiger partial charge on any atom is -0.507 e. The van der Waals surface area contributed by atoms with E-state index in [0.717, 1.165) is 23.1 Å². The maximum absolute atomic E-state index is 14.8. The molecule has 10 heteroatoms. The number of anilines is 1. The Morgan fingerprint density at radius 1 is 1.00 bits per heavy atom. The molecule has 1 atom stereocenters. The van der Waals surface area contributed by atoms with Gasteiger partial charge in [0.15, 0.2) is 0 Å². The standard InChI is InChI=1S/C23H13Cl2FN2O5/c24-13-9-14(25)11-16(10-13)27-20(17-3-1-2-4-18(17)26)19(22(30)23(27)31)21(29)12-5-7-15(8-6-12)28(32)33/h1-11,20,29H/b21-19+. The molecule has 0 radical (unpaired) electrons. The van der Waals surface area contributed by atoms with Crippen LogP contribution >= 0.6 is 23.2 Å². The van der Waals surface area contributed by atoms with Crippen LogP contribution in [0.2, 0.25) is 10.0 Å². The van der Waals surface area contributed by atoms with Crippen LogP contribution < -0.4 is 4.90 Å². The van der Waals surface area contributed by atoms with E-state index in [2.05, 4.69) is 0 Å². The first-order valence-electron chi connectivity index (χ1n) is 9.45. The van der Waals surface area contributed by atoms with Gasteiger partial charge in [-0.25, -0.2) is 4.39 Å². The molecule has 0 saturated carbocycles. The highest BCUT2D eigenvalue weighted by Crippen LogP contribution is 2.44. The van der Waals surface area contributed by atoms with Crippen LogP contribution in [0.3, 0.4) is 0 Å². The fraction of sp³-hybridized carbons (Fsp3) is 0.0435. The van der Waals surface area contributed by atoms with Crippen LogP contribution in [0.15, 0.2) is 72.3 Å². The Hall–Kier alpha value is -3.75. The molecule has 0 spiro atoms. The quantitative estimate of drug-likeness (QED) is 0.168. The average Bonchev–Trinajstić information content (AvgIpc) is 3.03. The minimum atomic E-state index is -1.34. The number of benzene rings is 3. The number of carbonyl (C=O) groups excluding carboxylic acids is 2. The lowest BCUT2D eigenvalue weighted by Crippen LogP contribution is -2.29. The number of nitro benzene ring substituents is 1. The zero-order chi connectivity index (χ0) is 23.9. The lowest BCUT2D eigenvalue weighted by molar-refractivity contribution is -0.384. The second-order valence-corrected chi connectivity index (χ2v) is 8.00. The number of rotatable bonds is 4. The van der Waals surface area contributed by atoms with Crippen LogP contribution in [0, 0.1) is 15.9 Å². The molecule has 1 aliphatic heterocycles. The van der Waals surface area contributed by atoms with Gasteiger partial charge >= 0.3 is 0 Å². The molecular weight excluding hydrogens is 474 g/mol. The summed E-state index contributed by atoms with van der Waals surface area (Å²) in [5.41, 5.74) is -0.479. The SMILES string of the molecule is O=C1C(=O)N(c2cc(Cl)cc(Cl)c2)C(c2ccccc2F)/C1=C(\O)c1ccc([N+](=O)[O-])cc1. The van der Waals surface area contributed by atoms with E-state index >= 15 is 0 Å². The molecule has 0 bridgehead atoms. The number of carbonyl (C=O) groups is 2. The predicted octanol–water partition coefficient (Wildman–Crippen LogP) is 5.67. The first-order valence-corrected chi connectivity index (χ1v) is 10.2. The van der Waals surface area contributed by atoms with Crippen molar-refractivity contribution in [1.29, 1.82) is 0 Å². The summed E-state index contributed by atoms with van der Waals surface area (Å²) in [5, 5.41) is 22.3. The van der Waals surface area contributed by atoms with Gasteiger partial charge in [-0.15, -0.1) is 0 Å². The molecule has 0 aliphatic carbocycles. The molecular formula is C23H13Cl2FN2O5. The normalized spacial score (nSPS) is 17.4. The first-order chi connectivity index (χ1) is 15.7. The number of amides is 1. The molecule has 1 heterocycles. The van der Waals surface area contributed by atoms with Crippen molar-refractivity contribution in [2.45, 2.75) is 6.04 Å². The van der Waals surface area contributed by atoms with Gasteiger partial charge in [0.05, 0.1) is 16.5 Å². The van der Waals surface area contributed by atoms with Gasteiger partial charge in [0.1, 0.15) is 11.6 Å². The number of ketones is 1. The molecule has 0 aromatic heterocycles. The Labute approximate surface area is 196 Å². The van der Waals surface area contributed by atoms with Crippen molar-refractivity contribution in [1.82, 2.24) is 0 Å². The van der Waals surface area contributed by atoms with Gasteiger partial charge in [0.2, 0.25) is 0 Å². The van der Waals surface area contributed by atoms with Gasteiger partial charge < -0.3 is 5.11 Å². The summed E-state index contributed by atoms with van der Waals surface area (Å²) in [6.45, 7) is 0. The molecule has 3 aromatic rings. The average molecular weight is 487 g/mol. The molecule has 4 rings (SSSR count). The van der Waals surface area contributed by atoms with E-state index in [0.29, 0.717) is 0 Å². The zero-order valence-electron chi connectivity index (χ0n) is 16.5. The summed E-state index contributed by atoms with van der Waals surface area (Å²) in [4.78, 5) is 37.4. The first kappa shape index (κ1) is 22.4. The molecule has 1 aliphatic rings. The summed E-state index contributed by atoms with van der Waals surface area (Å²) in [6.07, 6.45) is 0. The van der Waals surface area contributed by atoms with Crippen molar-refractivity contribution in [3.63, 3.8) is 0 Å².